The summed E-state index contributed by atoms with van der Waals surface area (Å²) in [7, 11) is 0. The molecule has 1 aliphatic heterocycles. The molecule has 1 fully saturated rings. The van der Waals surface area contributed by atoms with Crippen LogP contribution >= 0.6 is 11.8 Å². The fraction of sp³-hybridized carbons (Fsp3) is 0.786. The number of aromatic nitrogens is 2. The monoisotopic (exact) mass is 267 g/mol. The van der Waals surface area contributed by atoms with Gasteiger partial charge in [-0.05, 0) is 38.9 Å². The third-order valence-corrected chi connectivity index (χ3v) is 4.94. The summed E-state index contributed by atoms with van der Waals surface area (Å²) in [6.45, 7) is 5.66. The molecule has 0 radical (unpaired) electrons. The second-order valence-electron chi connectivity index (χ2n) is 5.40. The molecule has 0 aliphatic carbocycles. The van der Waals surface area contributed by atoms with Crippen molar-refractivity contribution in [2.45, 2.75) is 63.4 Å². The van der Waals surface area contributed by atoms with Crippen molar-refractivity contribution in [3.63, 3.8) is 0 Å². The molecular formula is C14H25N3S. The van der Waals surface area contributed by atoms with E-state index < -0.39 is 0 Å². The summed E-state index contributed by atoms with van der Waals surface area (Å²) in [4.78, 5) is 4.34. The predicted octanol–water partition coefficient (Wildman–Crippen LogP) is 3.23. The standard InChI is InChI=1S/C14H25N3S/c1-11-5-4-6-13(16-11)14-9-15-10-17(14)8-7-12(2)18-3/h9-13,16H,4-8H2,1-3H3. The van der Waals surface area contributed by atoms with Crippen LogP contribution in [0.25, 0.3) is 0 Å². The Bertz CT molecular complexity index is 364. The SMILES string of the molecule is CSC(C)CCn1cncc1C1CCCC(C)N1. The van der Waals surface area contributed by atoms with E-state index in [1.54, 1.807) is 0 Å². The lowest BCUT2D eigenvalue weighted by Crippen LogP contribution is -2.35. The molecule has 1 aliphatic rings. The molecule has 1 N–H and O–H groups in total. The van der Waals surface area contributed by atoms with Crippen LogP contribution in [0.5, 0.6) is 0 Å². The summed E-state index contributed by atoms with van der Waals surface area (Å²) in [5.74, 6) is 0. The number of hydrogen-bond acceptors (Lipinski definition) is 3. The maximum Gasteiger partial charge on any atom is 0.0948 e. The van der Waals surface area contributed by atoms with Crippen LogP contribution in [0.4, 0.5) is 0 Å². The zero-order valence-corrected chi connectivity index (χ0v) is 12.5. The lowest BCUT2D eigenvalue weighted by molar-refractivity contribution is 0.328. The summed E-state index contributed by atoms with van der Waals surface area (Å²) in [6, 6.07) is 1.14. The van der Waals surface area contributed by atoms with Crippen LogP contribution in [-0.2, 0) is 6.54 Å². The number of imidazole rings is 1. The van der Waals surface area contributed by atoms with E-state index >= 15 is 0 Å². The van der Waals surface area contributed by atoms with Gasteiger partial charge < -0.3 is 9.88 Å². The van der Waals surface area contributed by atoms with Crippen LogP contribution in [0.15, 0.2) is 12.5 Å². The topological polar surface area (TPSA) is 29.9 Å². The van der Waals surface area contributed by atoms with E-state index in [4.69, 9.17) is 0 Å². The first-order valence-corrected chi connectivity index (χ1v) is 8.28. The molecule has 1 aromatic heterocycles. The van der Waals surface area contributed by atoms with Gasteiger partial charge in [0.15, 0.2) is 0 Å². The van der Waals surface area contributed by atoms with E-state index in [1.165, 1.54) is 31.4 Å². The highest BCUT2D eigenvalue weighted by Crippen LogP contribution is 2.25. The second-order valence-corrected chi connectivity index (χ2v) is 6.67. The predicted molar refractivity (Wildman–Crippen MR) is 79.0 cm³/mol. The molecule has 102 valence electrons. The molecule has 0 spiro atoms. The van der Waals surface area contributed by atoms with E-state index in [-0.39, 0.29) is 0 Å². The molecule has 0 saturated carbocycles. The minimum Gasteiger partial charge on any atom is -0.333 e. The van der Waals surface area contributed by atoms with Gasteiger partial charge in [0.05, 0.1) is 12.0 Å². The number of nitrogens with one attached hydrogen (secondary N) is 1. The van der Waals surface area contributed by atoms with Gasteiger partial charge in [-0.15, -0.1) is 0 Å². The van der Waals surface area contributed by atoms with Crippen molar-refractivity contribution in [1.29, 1.82) is 0 Å². The van der Waals surface area contributed by atoms with Gasteiger partial charge in [0.25, 0.3) is 0 Å². The maximum atomic E-state index is 4.34. The van der Waals surface area contributed by atoms with Gasteiger partial charge in [0.2, 0.25) is 0 Å². The molecule has 4 heteroatoms. The van der Waals surface area contributed by atoms with Crippen LogP contribution < -0.4 is 5.32 Å². The van der Waals surface area contributed by atoms with Crippen molar-refractivity contribution < 1.29 is 0 Å². The Morgan fingerprint density at radius 3 is 3.11 bits per heavy atom. The maximum absolute atomic E-state index is 4.34. The Morgan fingerprint density at radius 2 is 2.39 bits per heavy atom. The van der Waals surface area contributed by atoms with Crippen molar-refractivity contribution in [2.24, 2.45) is 0 Å². The second kappa shape index (κ2) is 6.62. The van der Waals surface area contributed by atoms with Gasteiger partial charge in [-0.3, -0.25) is 0 Å². The van der Waals surface area contributed by atoms with Crippen molar-refractivity contribution >= 4 is 11.8 Å². The van der Waals surface area contributed by atoms with Crippen molar-refractivity contribution in [3.05, 3.63) is 18.2 Å². The van der Waals surface area contributed by atoms with Gasteiger partial charge in [-0.25, -0.2) is 4.98 Å². The summed E-state index contributed by atoms with van der Waals surface area (Å²) < 4.78 is 2.34. The molecule has 1 aromatic rings. The number of aryl methyl sites for hydroxylation is 1. The number of nitrogens with zero attached hydrogens (tertiary/aromatic N) is 2. The van der Waals surface area contributed by atoms with Crippen LogP contribution in [0, 0.1) is 0 Å². The smallest absolute Gasteiger partial charge is 0.0948 e. The van der Waals surface area contributed by atoms with E-state index in [9.17, 15) is 0 Å². The quantitative estimate of drug-likeness (QED) is 0.888. The summed E-state index contributed by atoms with van der Waals surface area (Å²) in [6.07, 6.45) is 11.3. The molecule has 2 heterocycles. The van der Waals surface area contributed by atoms with Crippen molar-refractivity contribution in [2.75, 3.05) is 6.26 Å². The molecule has 1 saturated heterocycles. The summed E-state index contributed by atoms with van der Waals surface area (Å²) in [5, 5.41) is 4.42. The van der Waals surface area contributed by atoms with E-state index in [0.717, 1.165) is 11.8 Å². The number of thioether (sulfide) groups is 1. The van der Waals surface area contributed by atoms with Crippen molar-refractivity contribution in [3.8, 4) is 0 Å². The van der Waals surface area contributed by atoms with Crippen LogP contribution in [0.2, 0.25) is 0 Å². The molecule has 18 heavy (non-hydrogen) atoms. The van der Waals surface area contributed by atoms with E-state index in [2.05, 4.69) is 35.0 Å². The first kappa shape index (κ1) is 13.9. The largest absolute Gasteiger partial charge is 0.333 e. The average Bonchev–Trinajstić information content (AvgIpc) is 2.84. The third kappa shape index (κ3) is 3.51. The van der Waals surface area contributed by atoms with Crippen LogP contribution in [0.1, 0.15) is 51.3 Å². The molecule has 2 rings (SSSR count). The molecule has 0 amide bonds. The lowest BCUT2D eigenvalue weighted by atomic mass is 9.97. The highest BCUT2D eigenvalue weighted by atomic mass is 32.2. The Morgan fingerprint density at radius 1 is 1.56 bits per heavy atom. The first-order valence-electron chi connectivity index (χ1n) is 6.99. The summed E-state index contributed by atoms with van der Waals surface area (Å²) in [5.41, 5.74) is 1.37. The van der Waals surface area contributed by atoms with Crippen molar-refractivity contribution in [1.82, 2.24) is 14.9 Å². The Balaban J connectivity index is 1.98. The third-order valence-electron chi connectivity index (χ3n) is 3.90. The molecule has 3 unspecified atom stereocenters. The van der Waals surface area contributed by atoms with E-state index in [1.807, 2.05) is 24.3 Å². The fourth-order valence-corrected chi connectivity index (χ4v) is 2.96. The van der Waals surface area contributed by atoms with Gasteiger partial charge in [-0.2, -0.15) is 11.8 Å². The number of piperidine rings is 1. The number of hydrogen-bond donors (Lipinski definition) is 1. The van der Waals surface area contributed by atoms with Crippen LogP contribution in [-0.4, -0.2) is 27.1 Å². The summed E-state index contributed by atoms with van der Waals surface area (Å²) >= 11 is 1.94. The van der Waals surface area contributed by atoms with Gasteiger partial charge in [0.1, 0.15) is 0 Å². The molecule has 3 atom stereocenters. The molecule has 3 nitrogen and oxygen atoms in total. The first-order chi connectivity index (χ1) is 8.70. The Labute approximate surface area is 115 Å². The number of rotatable bonds is 5. The molecule has 0 aromatic carbocycles. The van der Waals surface area contributed by atoms with Crippen LogP contribution in [0.3, 0.4) is 0 Å². The molecule has 0 bridgehead atoms. The van der Waals surface area contributed by atoms with Gasteiger partial charge in [-0.1, -0.05) is 6.92 Å². The fourth-order valence-electron chi connectivity index (χ4n) is 2.62. The average molecular weight is 267 g/mol. The lowest BCUT2D eigenvalue weighted by Gasteiger charge is -2.29. The van der Waals surface area contributed by atoms with Gasteiger partial charge in [0, 0.05) is 30.1 Å². The highest BCUT2D eigenvalue weighted by Gasteiger charge is 2.22. The highest BCUT2D eigenvalue weighted by molar-refractivity contribution is 7.99. The van der Waals surface area contributed by atoms with E-state index in [0.29, 0.717) is 12.1 Å². The zero-order chi connectivity index (χ0) is 13.0. The normalized spacial score (nSPS) is 26.2. The van der Waals surface area contributed by atoms with Gasteiger partial charge >= 0.3 is 0 Å². The minimum atomic E-state index is 0.501. The Hall–Kier alpha value is -0.480. The zero-order valence-electron chi connectivity index (χ0n) is 11.7. The Kier molecular flexibility index (Phi) is 5.13. The minimum absolute atomic E-state index is 0.501. The molecular weight excluding hydrogens is 242 g/mol.